The van der Waals surface area contributed by atoms with Gasteiger partial charge in [-0.2, -0.15) is 4.98 Å². The summed E-state index contributed by atoms with van der Waals surface area (Å²) < 4.78 is 5.14. The van der Waals surface area contributed by atoms with Crippen LogP contribution in [0.3, 0.4) is 0 Å². The Labute approximate surface area is 101 Å². The highest BCUT2D eigenvalue weighted by Gasteiger charge is 2.24. The Morgan fingerprint density at radius 2 is 2.38 bits per heavy atom. The molecule has 16 heavy (non-hydrogen) atoms. The maximum atomic E-state index is 5.86. The van der Waals surface area contributed by atoms with Crippen LogP contribution < -0.4 is 9.64 Å². The molecule has 1 aromatic rings. The average molecular weight is 242 g/mol. The molecule has 1 aliphatic rings. The van der Waals surface area contributed by atoms with E-state index in [9.17, 15) is 0 Å². The molecule has 0 N–H and O–H groups in total. The van der Waals surface area contributed by atoms with Gasteiger partial charge in [-0.25, -0.2) is 4.98 Å². The zero-order chi connectivity index (χ0) is 11.5. The number of alkyl halides is 1. The van der Waals surface area contributed by atoms with Crippen molar-refractivity contribution in [3.05, 3.63) is 11.8 Å². The first kappa shape index (κ1) is 11.5. The summed E-state index contributed by atoms with van der Waals surface area (Å²) >= 11 is 5.86. The molecule has 1 atom stereocenters. The van der Waals surface area contributed by atoms with Gasteiger partial charge in [-0.15, -0.1) is 11.6 Å². The summed E-state index contributed by atoms with van der Waals surface area (Å²) in [4.78, 5) is 10.9. The first-order valence-corrected chi connectivity index (χ1v) is 5.97. The van der Waals surface area contributed by atoms with Crippen LogP contribution in [0, 0.1) is 12.8 Å². The molecule has 0 aliphatic carbocycles. The third-order valence-corrected chi connectivity index (χ3v) is 3.25. The van der Waals surface area contributed by atoms with Gasteiger partial charge < -0.3 is 9.64 Å². The lowest BCUT2D eigenvalue weighted by atomic mass is 10.2. The number of anilines is 1. The molecular weight excluding hydrogens is 226 g/mol. The first-order valence-electron chi connectivity index (χ1n) is 5.43. The first-order chi connectivity index (χ1) is 7.72. The molecule has 1 aliphatic heterocycles. The van der Waals surface area contributed by atoms with Gasteiger partial charge in [0.1, 0.15) is 0 Å². The average Bonchev–Trinajstić information content (AvgIpc) is 2.76. The molecule has 2 rings (SSSR count). The van der Waals surface area contributed by atoms with Crippen LogP contribution >= 0.6 is 11.6 Å². The normalized spacial score (nSPS) is 20.2. The molecular formula is C11H16ClN3O. The highest BCUT2D eigenvalue weighted by Crippen LogP contribution is 2.23. The Morgan fingerprint density at radius 3 is 3.00 bits per heavy atom. The molecule has 2 heterocycles. The quantitative estimate of drug-likeness (QED) is 0.758. The van der Waals surface area contributed by atoms with E-state index >= 15 is 0 Å². The monoisotopic (exact) mass is 241 g/mol. The third-order valence-electron chi connectivity index (χ3n) is 2.81. The predicted octanol–water partition coefficient (Wildman–Crippen LogP) is 1.86. The minimum absolute atomic E-state index is 0.553. The summed E-state index contributed by atoms with van der Waals surface area (Å²) in [7, 11) is 1.62. The van der Waals surface area contributed by atoms with Crippen LogP contribution in [0.25, 0.3) is 0 Å². The van der Waals surface area contributed by atoms with Gasteiger partial charge in [-0.3, -0.25) is 0 Å². The van der Waals surface area contributed by atoms with Crippen molar-refractivity contribution < 1.29 is 4.74 Å². The fourth-order valence-corrected chi connectivity index (χ4v) is 2.16. The minimum Gasteiger partial charge on any atom is -0.481 e. The number of nitrogens with zero attached hydrogens (tertiary/aromatic N) is 3. The van der Waals surface area contributed by atoms with Crippen molar-refractivity contribution in [1.82, 2.24) is 9.97 Å². The Hall–Kier alpha value is -1.03. The van der Waals surface area contributed by atoms with Crippen molar-refractivity contribution >= 4 is 17.5 Å². The van der Waals surface area contributed by atoms with Crippen LogP contribution in [0.2, 0.25) is 0 Å². The number of rotatable bonds is 3. The van der Waals surface area contributed by atoms with E-state index in [0.717, 1.165) is 31.2 Å². The molecule has 4 nitrogen and oxygen atoms in total. The number of ether oxygens (including phenoxy) is 1. The van der Waals surface area contributed by atoms with Crippen molar-refractivity contribution in [2.24, 2.45) is 5.92 Å². The van der Waals surface area contributed by atoms with Gasteiger partial charge >= 0.3 is 0 Å². The van der Waals surface area contributed by atoms with Crippen LogP contribution in [0.5, 0.6) is 5.88 Å². The Morgan fingerprint density at radius 1 is 1.56 bits per heavy atom. The smallest absolute Gasteiger partial charge is 0.228 e. The summed E-state index contributed by atoms with van der Waals surface area (Å²) in [6.07, 6.45) is 1.11. The number of halogens is 1. The maximum absolute atomic E-state index is 5.86. The van der Waals surface area contributed by atoms with Crippen molar-refractivity contribution in [3.8, 4) is 5.88 Å². The van der Waals surface area contributed by atoms with E-state index in [1.54, 1.807) is 7.11 Å². The van der Waals surface area contributed by atoms with E-state index in [4.69, 9.17) is 16.3 Å². The SMILES string of the molecule is COc1cc(C)nc(N2CCC(CCl)C2)n1. The minimum atomic E-state index is 0.553. The van der Waals surface area contributed by atoms with Crippen molar-refractivity contribution in [2.75, 3.05) is 31.0 Å². The van der Waals surface area contributed by atoms with Crippen molar-refractivity contribution in [1.29, 1.82) is 0 Å². The molecule has 0 saturated carbocycles. The molecule has 0 amide bonds. The van der Waals surface area contributed by atoms with Crippen LogP contribution in [-0.4, -0.2) is 36.0 Å². The third kappa shape index (κ3) is 2.38. The molecule has 0 bridgehead atoms. The predicted molar refractivity (Wildman–Crippen MR) is 64.4 cm³/mol. The lowest BCUT2D eigenvalue weighted by Gasteiger charge is -2.16. The number of hydrogen-bond donors (Lipinski definition) is 0. The van der Waals surface area contributed by atoms with Crippen LogP contribution in [-0.2, 0) is 0 Å². The fourth-order valence-electron chi connectivity index (χ4n) is 1.91. The van der Waals surface area contributed by atoms with Gasteiger partial charge in [-0.05, 0) is 19.3 Å². The van der Waals surface area contributed by atoms with Gasteiger partial charge in [0.05, 0.1) is 7.11 Å². The molecule has 1 aromatic heterocycles. The second kappa shape index (κ2) is 4.87. The molecule has 0 radical (unpaired) electrons. The van der Waals surface area contributed by atoms with E-state index in [1.807, 2.05) is 13.0 Å². The van der Waals surface area contributed by atoms with E-state index < -0.39 is 0 Å². The topological polar surface area (TPSA) is 38.2 Å². The van der Waals surface area contributed by atoms with E-state index in [2.05, 4.69) is 14.9 Å². The summed E-state index contributed by atoms with van der Waals surface area (Å²) in [5.74, 6) is 2.64. The number of aryl methyl sites for hydroxylation is 1. The highest BCUT2D eigenvalue weighted by molar-refractivity contribution is 6.18. The lowest BCUT2D eigenvalue weighted by molar-refractivity contribution is 0.396. The molecule has 5 heteroatoms. The highest BCUT2D eigenvalue weighted by atomic mass is 35.5. The summed E-state index contributed by atoms with van der Waals surface area (Å²) in [5, 5.41) is 0. The zero-order valence-corrected chi connectivity index (χ0v) is 10.4. The van der Waals surface area contributed by atoms with Gasteiger partial charge in [0.2, 0.25) is 11.8 Å². The van der Waals surface area contributed by atoms with Crippen LogP contribution in [0.4, 0.5) is 5.95 Å². The molecule has 1 saturated heterocycles. The standard InChI is InChI=1S/C11H16ClN3O/c1-8-5-10(16-2)14-11(13-8)15-4-3-9(6-12)7-15/h5,9H,3-4,6-7H2,1-2H3. The Balaban J connectivity index is 2.17. The Kier molecular flexibility index (Phi) is 3.49. The summed E-state index contributed by atoms with van der Waals surface area (Å²) in [6, 6.07) is 1.83. The van der Waals surface area contributed by atoms with Crippen molar-refractivity contribution in [2.45, 2.75) is 13.3 Å². The summed E-state index contributed by atoms with van der Waals surface area (Å²) in [6.45, 7) is 3.86. The lowest BCUT2D eigenvalue weighted by Crippen LogP contribution is -2.22. The fraction of sp³-hybridized carbons (Fsp3) is 0.636. The largest absolute Gasteiger partial charge is 0.481 e. The molecule has 0 aromatic carbocycles. The number of aromatic nitrogens is 2. The molecule has 1 fully saturated rings. The van der Waals surface area contributed by atoms with Gasteiger partial charge in [0.25, 0.3) is 0 Å². The molecule has 1 unspecified atom stereocenters. The number of hydrogen-bond acceptors (Lipinski definition) is 4. The molecule has 88 valence electrons. The van der Waals surface area contributed by atoms with Crippen molar-refractivity contribution in [3.63, 3.8) is 0 Å². The van der Waals surface area contributed by atoms with Crippen LogP contribution in [0.1, 0.15) is 12.1 Å². The second-order valence-electron chi connectivity index (χ2n) is 4.11. The maximum Gasteiger partial charge on any atom is 0.228 e. The molecule has 0 spiro atoms. The zero-order valence-electron chi connectivity index (χ0n) is 9.61. The van der Waals surface area contributed by atoms with E-state index in [1.165, 1.54) is 0 Å². The van der Waals surface area contributed by atoms with Gasteiger partial charge in [-0.1, -0.05) is 0 Å². The van der Waals surface area contributed by atoms with Crippen LogP contribution in [0.15, 0.2) is 6.07 Å². The van der Waals surface area contributed by atoms with Gasteiger partial charge in [0.15, 0.2) is 0 Å². The summed E-state index contributed by atoms with van der Waals surface area (Å²) in [5.41, 5.74) is 0.927. The second-order valence-corrected chi connectivity index (χ2v) is 4.42. The van der Waals surface area contributed by atoms with E-state index in [-0.39, 0.29) is 0 Å². The van der Waals surface area contributed by atoms with Gasteiger partial charge in [0, 0.05) is 30.7 Å². The number of methoxy groups -OCH3 is 1. The Bertz CT molecular complexity index is 372. The van der Waals surface area contributed by atoms with E-state index in [0.29, 0.717) is 17.7 Å².